The molecule has 5 nitrogen and oxygen atoms in total. The largest absolute Gasteiger partial charge is 0.398 e. The van der Waals surface area contributed by atoms with E-state index in [2.05, 4.69) is 5.32 Å². The Hall–Kier alpha value is -1.56. The van der Waals surface area contributed by atoms with E-state index in [1.807, 2.05) is 6.92 Å². The minimum atomic E-state index is -3.11. The maximum Gasteiger partial charge on any atom is 0.251 e. The molecule has 0 fully saturated rings. The van der Waals surface area contributed by atoms with Gasteiger partial charge in [-0.1, -0.05) is 6.07 Å². The first-order chi connectivity index (χ1) is 8.19. The number of hydrogen-bond acceptors (Lipinski definition) is 4. The van der Waals surface area contributed by atoms with E-state index >= 15 is 0 Å². The molecular weight excluding hydrogens is 252 g/mol. The van der Waals surface area contributed by atoms with Crippen LogP contribution in [-0.2, 0) is 9.84 Å². The number of benzene rings is 1. The van der Waals surface area contributed by atoms with Crippen LogP contribution in [0.1, 0.15) is 22.8 Å². The Balaban J connectivity index is 2.73. The summed E-state index contributed by atoms with van der Waals surface area (Å²) in [7, 11) is -3.11. The zero-order valence-electron chi connectivity index (χ0n) is 10.7. The molecule has 6 heteroatoms. The molecule has 0 saturated heterocycles. The van der Waals surface area contributed by atoms with Crippen molar-refractivity contribution in [3.8, 4) is 0 Å². The second kappa shape index (κ2) is 5.39. The lowest BCUT2D eigenvalue weighted by molar-refractivity contribution is 0.0943. The standard InChI is InChI=1S/C12H18N2O3S/c1-8-4-5-10(6-11(8)13)12(15)14-9(2)7-18(3,16)17/h4-6,9H,7,13H2,1-3H3,(H,14,15). The topological polar surface area (TPSA) is 89.3 Å². The van der Waals surface area contributed by atoms with E-state index in [0.29, 0.717) is 11.3 Å². The van der Waals surface area contributed by atoms with Crippen molar-refractivity contribution in [2.45, 2.75) is 19.9 Å². The van der Waals surface area contributed by atoms with Gasteiger partial charge >= 0.3 is 0 Å². The van der Waals surface area contributed by atoms with Crippen molar-refractivity contribution in [1.29, 1.82) is 0 Å². The summed E-state index contributed by atoms with van der Waals surface area (Å²) in [5.41, 5.74) is 7.58. The summed E-state index contributed by atoms with van der Waals surface area (Å²) in [5.74, 6) is -0.405. The number of nitrogens with one attached hydrogen (secondary N) is 1. The molecule has 1 aromatic carbocycles. The highest BCUT2D eigenvalue weighted by molar-refractivity contribution is 7.90. The van der Waals surface area contributed by atoms with Gasteiger partial charge in [-0.15, -0.1) is 0 Å². The van der Waals surface area contributed by atoms with Crippen LogP contribution in [0.4, 0.5) is 5.69 Å². The van der Waals surface area contributed by atoms with Crippen LogP contribution in [0, 0.1) is 6.92 Å². The van der Waals surface area contributed by atoms with Gasteiger partial charge in [0.2, 0.25) is 0 Å². The van der Waals surface area contributed by atoms with Gasteiger partial charge in [0.15, 0.2) is 0 Å². The molecule has 0 radical (unpaired) electrons. The molecule has 100 valence electrons. The van der Waals surface area contributed by atoms with Crippen molar-refractivity contribution in [3.63, 3.8) is 0 Å². The zero-order valence-corrected chi connectivity index (χ0v) is 11.5. The molecular formula is C12H18N2O3S. The molecule has 0 aliphatic rings. The van der Waals surface area contributed by atoms with Gasteiger partial charge in [0.25, 0.3) is 5.91 Å². The minimum Gasteiger partial charge on any atom is -0.398 e. The second-order valence-corrected chi connectivity index (χ2v) is 6.72. The van der Waals surface area contributed by atoms with Crippen LogP contribution in [0.15, 0.2) is 18.2 Å². The van der Waals surface area contributed by atoms with E-state index in [-0.39, 0.29) is 11.7 Å². The SMILES string of the molecule is Cc1ccc(C(=O)NC(C)CS(C)(=O)=O)cc1N. The van der Waals surface area contributed by atoms with Crippen LogP contribution in [-0.4, -0.2) is 32.4 Å². The van der Waals surface area contributed by atoms with Crippen LogP contribution in [0.25, 0.3) is 0 Å². The van der Waals surface area contributed by atoms with Crippen molar-refractivity contribution in [2.75, 3.05) is 17.7 Å². The van der Waals surface area contributed by atoms with Crippen LogP contribution >= 0.6 is 0 Å². The van der Waals surface area contributed by atoms with E-state index in [1.54, 1.807) is 25.1 Å². The number of aryl methyl sites for hydroxylation is 1. The monoisotopic (exact) mass is 270 g/mol. The Morgan fingerprint density at radius 2 is 2.06 bits per heavy atom. The van der Waals surface area contributed by atoms with Crippen LogP contribution in [0.2, 0.25) is 0 Å². The first-order valence-corrected chi connectivity index (χ1v) is 7.60. The Morgan fingerprint density at radius 3 is 2.56 bits per heavy atom. The molecule has 0 spiro atoms. The molecule has 0 aromatic heterocycles. The minimum absolute atomic E-state index is 0.0833. The molecule has 1 aromatic rings. The van der Waals surface area contributed by atoms with Gasteiger partial charge in [0.05, 0.1) is 5.75 Å². The van der Waals surface area contributed by atoms with E-state index in [4.69, 9.17) is 5.73 Å². The molecule has 1 atom stereocenters. The predicted octanol–water partition coefficient (Wildman–Crippen LogP) is 0.740. The molecule has 0 bridgehead atoms. The first kappa shape index (κ1) is 14.5. The number of hydrogen-bond donors (Lipinski definition) is 2. The third kappa shape index (κ3) is 4.37. The fraction of sp³-hybridized carbons (Fsp3) is 0.417. The molecule has 3 N–H and O–H groups in total. The lowest BCUT2D eigenvalue weighted by atomic mass is 10.1. The first-order valence-electron chi connectivity index (χ1n) is 5.54. The summed E-state index contributed by atoms with van der Waals surface area (Å²) in [5, 5.41) is 2.63. The van der Waals surface area contributed by atoms with Crippen LogP contribution in [0.3, 0.4) is 0 Å². The molecule has 18 heavy (non-hydrogen) atoms. The number of rotatable bonds is 4. The summed E-state index contributed by atoms with van der Waals surface area (Å²) in [6.07, 6.45) is 1.14. The highest BCUT2D eigenvalue weighted by Gasteiger charge is 2.14. The van der Waals surface area contributed by atoms with E-state index < -0.39 is 15.9 Å². The number of nitrogens with two attached hydrogens (primary N) is 1. The maximum atomic E-state index is 11.8. The van der Waals surface area contributed by atoms with Crippen molar-refractivity contribution in [3.05, 3.63) is 29.3 Å². The third-order valence-electron chi connectivity index (χ3n) is 2.47. The highest BCUT2D eigenvalue weighted by Crippen LogP contribution is 2.12. The number of sulfone groups is 1. The highest BCUT2D eigenvalue weighted by atomic mass is 32.2. The normalized spacial score (nSPS) is 13.1. The molecule has 0 aliphatic heterocycles. The Labute approximate surface area is 107 Å². The van der Waals surface area contributed by atoms with Crippen molar-refractivity contribution < 1.29 is 13.2 Å². The third-order valence-corrected chi connectivity index (χ3v) is 3.58. The average molecular weight is 270 g/mol. The molecule has 0 saturated carbocycles. The predicted molar refractivity (Wildman–Crippen MR) is 72.2 cm³/mol. The lowest BCUT2D eigenvalue weighted by Crippen LogP contribution is -2.37. The zero-order chi connectivity index (χ0) is 13.9. The fourth-order valence-electron chi connectivity index (χ4n) is 1.58. The van der Waals surface area contributed by atoms with Gasteiger partial charge in [-0.05, 0) is 31.5 Å². The van der Waals surface area contributed by atoms with Crippen molar-refractivity contribution in [1.82, 2.24) is 5.32 Å². The summed E-state index contributed by atoms with van der Waals surface area (Å²) in [4.78, 5) is 11.8. The van der Waals surface area contributed by atoms with Gasteiger partial charge in [0, 0.05) is 23.5 Å². The summed E-state index contributed by atoms with van der Waals surface area (Å²) in [6, 6.07) is 4.56. The molecule has 0 aliphatic carbocycles. The van der Waals surface area contributed by atoms with Crippen LogP contribution < -0.4 is 11.1 Å². The molecule has 0 heterocycles. The van der Waals surface area contributed by atoms with E-state index in [1.165, 1.54) is 0 Å². The Kier molecular flexibility index (Phi) is 4.34. The summed E-state index contributed by atoms with van der Waals surface area (Å²) >= 11 is 0. The molecule has 1 amide bonds. The van der Waals surface area contributed by atoms with Gasteiger partial charge < -0.3 is 11.1 Å². The summed E-state index contributed by atoms with van der Waals surface area (Å²) in [6.45, 7) is 3.50. The summed E-state index contributed by atoms with van der Waals surface area (Å²) < 4.78 is 22.2. The molecule has 1 unspecified atom stereocenters. The van der Waals surface area contributed by atoms with Gasteiger partial charge in [-0.25, -0.2) is 8.42 Å². The number of nitrogen functional groups attached to an aromatic ring is 1. The van der Waals surface area contributed by atoms with Gasteiger partial charge in [0.1, 0.15) is 9.84 Å². The molecule has 1 rings (SSSR count). The number of carbonyl (C=O) groups excluding carboxylic acids is 1. The lowest BCUT2D eigenvalue weighted by Gasteiger charge is -2.13. The number of carbonyl (C=O) groups is 1. The Bertz CT molecular complexity index is 552. The van der Waals surface area contributed by atoms with Gasteiger partial charge in [-0.2, -0.15) is 0 Å². The Morgan fingerprint density at radius 1 is 1.44 bits per heavy atom. The van der Waals surface area contributed by atoms with E-state index in [9.17, 15) is 13.2 Å². The van der Waals surface area contributed by atoms with Gasteiger partial charge in [-0.3, -0.25) is 4.79 Å². The number of amides is 1. The van der Waals surface area contributed by atoms with E-state index in [0.717, 1.165) is 11.8 Å². The number of anilines is 1. The van der Waals surface area contributed by atoms with Crippen LogP contribution in [0.5, 0.6) is 0 Å². The maximum absolute atomic E-state index is 11.8. The quantitative estimate of drug-likeness (QED) is 0.790. The smallest absolute Gasteiger partial charge is 0.251 e. The average Bonchev–Trinajstić information content (AvgIpc) is 2.18. The van der Waals surface area contributed by atoms with Crippen molar-refractivity contribution >= 4 is 21.4 Å². The fourth-order valence-corrected chi connectivity index (χ4v) is 2.58. The van der Waals surface area contributed by atoms with Crippen molar-refractivity contribution in [2.24, 2.45) is 0 Å². The second-order valence-electron chi connectivity index (χ2n) is 4.54.